The Balaban J connectivity index is 2.50. The Labute approximate surface area is 87.6 Å². The predicted molar refractivity (Wildman–Crippen MR) is 57.2 cm³/mol. The van der Waals surface area contributed by atoms with Gasteiger partial charge in [0.15, 0.2) is 0 Å². The Hall–Kier alpha value is -1.41. The Morgan fingerprint density at radius 2 is 2.00 bits per heavy atom. The smallest absolute Gasteiger partial charge is 0.129 e. The molecule has 0 radical (unpaired) electrons. The topological polar surface area (TPSA) is 25.8 Å². The molecule has 0 bridgehead atoms. The van der Waals surface area contributed by atoms with E-state index in [0.29, 0.717) is 5.15 Å². The molecule has 2 nitrogen and oxygen atoms in total. The number of aromatic nitrogens is 2. The molecule has 0 aliphatic heterocycles. The van der Waals surface area contributed by atoms with E-state index in [4.69, 9.17) is 11.6 Å². The van der Waals surface area contributed by atoms with Crippen LogP contribution in [-0.2, 0) is 0 Å². The Kier molecular flexibility index (Phi) is 2.46. The van der Waals surface area contributed by atoms with Crippen molar-refractivity contribution in [2.75, 3.05) is 0 Å². The quantitative estimate of drug-likeness (QED) is 0.667. The number of pyridine rings is 2. The maximum atomic E-state index is 5.71. The molecule has 0 aliphatic carbocycles. The fourth-order valence-corrected chi connectivity index (χ4v) is 1.44. The van der Waals surface area contributed by atoms with Crippen molar-refractivity contribution in [1.82, 2.24) is 9.97 Å². The van der Waals surface area contributed by atoms with Crippen molar-refractivity contribution in [3.8, 4) is 11.1 Å². The number of rotatable bonds is 1. The summed E-state index contributed by atoms with van der Waals surface area (Å²) in [4.78, 5) is 8.25. The molecule has 0 aliphatic rings. The number of hydrogen-bond acceptors (Lipinski definition) is 2. The molecule has 0 atom stereocenters. The summed E-state index contributed by atoms with van der Waals surface area (Å²) in [6, 6.07) is 7.66. The van der Waals surface area contributed by atoms with E-state index in [-0.39, 0.29) is 0 Å². The van der Waals surface area contributed by atoms with Crippen molar-refractivity contribution in [3.63, 3.8) is 0 Å². The monoisotopic (exact) mass is 204 g/mol. The minimum atomic E-state index is 0.510. The highest BCUT2D eigenvalue weighted by molar-refractivity contribution is 6.29. The SMILES string of the molecule is Cc1ncccc1-c1ccc(Cl)nc1. The summed E-state index contributed by atoms with van der Waals surface area (Å²) in [7, 11) is 0. The van der Waals surface area contributed by atoms with Gasteiger partial charge in [0.25, 0.3) is 0 Å². The molecule has 2 heterocycles. The molecule has 2 rings (SSSR count). The minimum Gasteiger partial charge on any atom is -0.261 e. The lowest BCUT2D eigenvalue weighted by Gasteiger charge is -2.03. The number of aryl methyl sites for hydroxylation is 1. The van der Waals surface area contributed by atoms with E-state index in [1.54, 1.807) is 18.5 Å². The molecule has 70 valence electrons. The van der Waals surface area contributed by atoms with Crippen molar-refractivity contribution in [2.24, 2.45) is 0 Å². The van der Waals surface area contributed by atoms with Gasteiger partial charge in [0.1, 0.15) is 5.15 Å². The second-order valence-corrected chi connectivity index (χ2v) is 3.39. The fourth-order valence-electron chi connectivity index (χ4n) is 1.32. The first-order valence-electron chi connectivity index (χ1n) is 4.31. The van der Waals surface area contributed by atoms with E-state index < -0.39 is 0 Å². The van der Waals surface area contributed by atoms with E-state index in [9.17, 15) is 0 Å². The van der Waals surface area contributed by atoms with Crippen LogP contribution in [0.3, 0.4) is 0 Å². The molecule has 0 N–H and O–H groups in total. The highest BCUT2D eigenvalue weighted by atomic mass is 35.5. The second-order valence-electron chi connectivity index (χ2n) is 3.01. The van der Waals surface area contributed by atoms with E-state index >= 15 is 0 Å². The third kappa shape index (κ3) is 1.75. The van der Waals surface area contributed by atoms with Crippen LogP contribution in [0.15, 0.2) is 36.7 Å². The summed E-state index contributed by atoms with van der Waals surface area (Å²) in [6.07, 6.45) is 3.54. The van der Waals surface area contributed by atoms with Gasteiger partial charge in [-0.15, -0.1) is 0 Å². The van der Waals surface area contributed by atoms with Crippen molar-refractivity contribution in [1.29, 1.82) is 0 Å². The van der Waals surface area contributed by atoms with E-state index in [0.717, 1.165) is 16.8 Å². The van der Waals surface area contributed by atoms with Crippen LogP contribution in [0.5, 0.6) is 0 Å². The third-order valence-electron chi connectivity index (χ3n) is 2.05. The zero-order chi connectivity index (χ0) is 9.97. The van der Waals surface area contributed by atoms with Crippen LogP contribution >= 0.6 is 11.6 Å². The van der Waals surface area contributed by atoms with Gasteiger partial charge < -0.3 is 0 Å². The molecule has 2 aromatic rings. The Morgan fingerprint density at radius 3 is 2.64 bits per heavy atom. The van der Waals surface area contributed by atoms with Crippen molar-refractivity contribution < 1.29 is 0 Å². The van der Waals surface area contributed by atoms with Gasteiger partial charge in [-0.05, 0) is 25.1 Å². The van der Waals surface area contributed by atoms with Gasteiger partial charge in [0.05, 0.1) is 0 Å². The van der Waals surface area contributed by atoms with Gasteiger partial charge in [-0.25, -0.2) is 4.98 Å². The first-order valence-corrected chi connectivity index (χ1v) is 4.69. The molecule has 2 aromatic heterocycles. The zero-order valence-electron chi connectivity index (χ0n) is 7.74. The first-order chi connectivity index (χ1) is 6.77. The summed E-state index contributed by atoms with van der Waals surface area (Å²) in [5.41, 5.74) is 3.13. The van der Waals surface area contributed by atoms with Crippen LogP contribution in [0, 0.1) is 6.92 Å². The molecule has 0 aromatic carbocycles. The lowest BCUT2D eigenvalue weighted by atomic mass is 10.1. The van der Waals surface area contributed by atoms with Crippen molar-refractivity contribution >= 4 is 11.6 Å². The Bertz CT molecular complexity index is 437. The standard InChI is InChI=1S/C11H9ClN2/c1-8-10(3-2-6-13-8)9-4-5-11(12)14-7-9/h2-7H,1H3. The lowest BCUT2D eigenvalue weighted by molar-refractivity contribution is 1.20. The number of nitrogens with zero attached hydrogens (tertiary/aromatic N) is 2. The predicted octanol–water partition coefficient (Wildman–Crippen LogP) is 3.11. The van der Waals surface area contributed by atoms with E-state index in [1.807, 2.05) is 25.1 Å². The number of halogens is 1. The molecule has 0 unspecified atom stereocenters. The number of hydrogen-bond donors (Lipinski definition) is 0. The second kappa shape index (κ2) is 3.76. The van der Waals surface area contributed by atoms with E-state index in [2.05, 4.69) is 9.97 Å². The molecule has 0 spiro atoms. The normalized spacial score (nSPS) is 10.1. The largest absolute Gasteiger partial charge is 0.261 e. The minimum absolute atomic E-state index is 0.510. The first kappa shape index (κ1) is 9.16. The lowest BCUT2D eigenvalue weighted by Crippen LogP contribution is -1.87. The Morgan fingerprint density at radius 1 is 1.14 bits per heavy atom. The third-order valence-corrected chi connectivity index (χ3v) is 2.27. The summed E-state index contributed by atoms with van der Waals surface area (Å²) >= 11 is 5.71. The van der Waals surface area contributed by atoms with Gasteiger partial charge in [0.2, 0.25) is 0 Å². The zero-order valence-corrected chi connectivity index (χ0v) is 8.49. The van der Waals surface area contributed by atoms with Crippen LogP contribution in [0.1, 0.15) is 5.69 Å². The molecule has 0 saturated heterocycles. The van der Waals surface area contributed by atoms with Crippen LogP contribution in [-0.4, -0.2) is 9.97 Å². The summed E-state index contributed by atoms with van der Waals surface area (Å²) in [5.74, 6) is 0. The molecular formula is C11H9ClN2. The van der Waals surface area contributed by atoms with Crippen molar-refractivity contribution in [3.05, 3.63) is 47.5 Å². The molecule has 0 saturated carbocycles. The molecule has 14 heavy (non-hydrogen) atoms. The molecule has 0 fully saturated rings. The van der Waals surface area contributed by atoms with Crippen LogP contribution < -0.4 is 0 Å². The summed E-state index contributed by atoms with van der Waals surface area (Å²) in [5, 5.41) is 0.510. The van der Waals surface area contributed by atoms with E-state index in [1.165, 1.54) is 0 Å². The van der Waals surface area contributed by atoms with Crippen LogP contribution in [0.25, 0.3) is 11.1 Å². The summed E-state index contributed by atoms with van der Waals surface area (Å²) in [6.45, 7) is 1.98. The fraction of sp³-hybridized carbons (Fsp3) is 0.0909. The molecule has 3 heteroatoms. The maximum absolute atomic E-state index is 5.71. The van der Waals surface area contributed by atoms with Gasteiger partial charge in [0, 0.05) is 29.2 Å². The average Bonchev–Trinajstić information content (AvgIpc) is 2.20. The van der Waals surface area contributed by atoms with Gasteiger partial charge in [-0.1, -0.05) is 17.7 Å². The van der Waals surface area contributed by atoms with Crippen molar-refractivity contribution in [2.45, 2.75) is 6.92 Å². The summed E-state index contributed by atoms with van der Waals surface area (Å²) < 4.78 is 0. The van der Waals surface area contributed by atoms with Crippen LogP contribution in [0.4, 0.5) is 0 Å². The van der Waals surface area contributed by atoms with Gasteiger partial charge in [-0.3, -0.25) is 4.98 Å². The highest BCUT2D eigenvalue weighted by Gasteiger charge is 2.01. The van der Waals surface area contributed by atoms with Gasteiger partial charge in [-0.2, -0.15) is 0 Å². The van der Waals surface area contributed by atoms with Gasteiger partial charge >= 0.3 is 0 Å². The van der Waals surface area contributed by atoms with Crippen LogP contribution in [0.2, 0.25) is 5.15 Å². The highest BCUT2D eigenvalue weighted by Crippen LogP contribution is 2.21. The average molecular weight is 205 g/mol. The maximum Gasteiger partial charge on any atom is 0.129 e. The molecular weight excluding hydrogens is 196 g/mol. The molecule has 0 amide bonds.